The molecule has 0 amide bonds. The van der Waals surface area contributed by atoms with E-state index in [9.17, 15) is 0 Å². The minimum atomic E-state index is 0.253. The predicted molar refractivity (Wildman–Crippen MR) is 76.6 cm³/mol. The van der Waals surface area contributed by atoms with Gasteiger partial charge in [-0.05, 0) is 43.1 Å². The predicted octanol–water partition coefficient (Wildman–Crippen LogP) is 3.03. The molecule has 0 saturated heterocycles. The van der Waals surface area contributed by atoms with E-state index in [0.29, 0.717) is 5.92 Å². The Bertz CT molecular complexity index is 425. The molecule has 3 heteroatoms. The third kappa shape index (κ3) is 2.37. The van der Waals surface area contributed by atoms with Gasteiger partial charge < -0.3 is 4.74 Å². The summed E-state index contributed by atoms with van der Waals surface area (Å²) in [6.07, 6.45) is 5.19. The smallest absolute Gasteiger partial charge is 0.124 e. The first-order valence-electron chi connectivity index (χ1n) is 7.54. The maximum absolute atomic E-state index is 5.87. The Labute approximate surface area is 115 Å². The molecule has 3 N–H and O–H groups in total. The maximum Gasteiger partial charge on any atom is 0.124 e. The SMILES string of the molecule is CCCOc1ccccc1C(NN)C1C2CCCC21. The average molecular weight is 260 g/mol. The van der Waals surface area contributed by atoms with Crippen molar-refractivity contribution >= 4 is 0 Å². The zero-order chi connectivity index (χ0) is 13.2. The van der Waals surface area contributed by atoms with Gasteiger partial charge in [0, 0.05) is 5.56 Å². The number of para-hydroxylation sites is 1. The van der Waals surface area contributed by atoms with Crippen LogP contribution in [0.2, 0.25) is 0 Å². The van der Waals surface area contributed by atoms with Crippen molar-refractivity contribution in [2.24, 2.45) is 23.6 Å². The Morgan fingerprint density at radius 2 is 2.05 bits per heavy atom. The molecular formula is C16H24N2O. The number of ether oxygens (including phenoxy) is 1. The highest BCUT2D eigenvalue weighted by molar-refractivity contribution is 5.37. The molecule has 2 aliphatic rings. The number of fused-ring (bicyclic) bond motifs is 1. The third-order valence-corrected chi connectivity index (χ3v) is 4.75. The van der Waals surface area contributed by atoms with Crippen LogP contribution in [-0.4, -0.2) is 6.61 Å². The van der Waals surface area contributed by atoms with Crippen LogP contribution in [-0.2, 0) is 0 Å². The molecule has 0 aromatic heterocycles. The molecule has 0 bridgehead atoms. The zero-order valence-electron chi connectivity index (χ0n) is 11.6. The van der Waals surface area contributed by atoms with Crippen molar-refractivity contribution in [3.8, 4) is 5.75 Å². The largest absolute Gasteiger partial charge is 0.493 e. The van der Waals surface area contributed by atoms with Gasteiger partial charge in [-0.2, -0.15) is 0 Å². The molecule has 3 unspecified atom stereocenters. The van der Waals surface area contributed by atoms with Gasteiger partial charge in [0.05, 0.1) is 12.6 Å². The van der Waals surface area contributed by atoms with Gasteiger partial charge >= 0.3 is 0 Å². The van der Waals surface area contributed by atoms with Gasteiger partial charge in [-0.25, -0.2) is 0 Å². The second kappa shape index (κ2) is 5.51. The molecule has 0 radical (unpaired) electrons. The van der Waals surface area contributed by atoms with E-state index >= 15 is 0 Å². The van der Waals surface area contributed by atoms with E-state index < -0.39 is 0 Å². The molecule has 2 aliphatic carbocycles. The van der Waals surface area contributed by atoms with Crippen molar-refractivity contribution in [1.82, 2.24) is 5.43 Å². The number of hydrogen-bond acceptors (Lipinski definition) is 3. The Kier molecular flexibility index (Phi) is 3.76. The highest BCUT2D eigenvalue weighted by Gasteiger charge is 2.56. The molecule has 2 saturated carbocycles. The van der Waals surface area contributed by atoms with Crippen molar-refractivity contribution in [2.75, 3.05) is 6.61 Å². The van der Waals surface area contributed by atoms with Gasteiger partial charge in [0.25, 0.3) is 0 Å². The van der Waals surface area contributed by atoms with Gasteiger partial charge in [0.2, 0.25) is 0 Å². The van der Waals surface area contributed by atoms with Crippen LogP contribution >= 0.6 is 0 Å². The standard InChI is InChI=1S/C16H24N2O/c1-2-10-19-14-9-4-3-6-13(14)16(18-17)15-11-7-5-8-12(11)15/h3-4,6,9,11-12,15-16,18H,2,5,7-8,10,17H2,1H3. The Balaban J connectivity index is 1.79. The van der Waals surface area contributed by atoms with E-state index in [0.717, 1.165) is 30.6 Å². The first-order valence-corrected chi connectivity index (χ1v) is 7.54. The fraction of sp³-hybridized carbons (Fsp3) is 0.625. The van der Waals surface area contributed by atoms with Crippen LogP contribution < -0.4 is 16.0 Å². The fourth-order valence-corrected chi connectivity index (χ4v) is 3.86. The number of hydrogen-bond donors (Lipinski definition) is 2. The first kappa shape index (κ1) is 12.9. The van der Waals surface area contributed by atoms with Crippen LogP contribution in [0.4, 0.5) is 0 Å². The number of nitrogens with one attached hydrogen (secondary N) is 1. The number of hydrazine groups is 1. The summed E-state index contributed by atoms with van der Waals surface area (Å²) in [6, 6.07) is 8.59. The van der Waals surface area contributed by atoms with Gasteiger partial charge in [-0.1, -0.05) is 31.5 Å². The van der Waals surface area contributed by atoms with E-state index in [1.54, 1.807) is 0 Å². The first-order chi connectivity index (χ1) is 9.36. The van der Waals surface area contributed by atoms with Crippen molar-refractivity contribution in [2.45, 2.75) is 38.6 Å². The number of nitrogens with two attached hydrogens (primary N) is 1. The molecule has 3 atom stereocenters. The molecular weight excluding hydrogens is 236 g/mol. The van der Waals surface area contributed by atoms with Gasteiger partial charge in [-0.15, -0.1) is 0 Å². The number of benzene rings is 1. The van der Waals surface area contributed by atoms with Crippen molar-refractivity contribution in [3.05, 3.63) is 29.8 Å². The molecule has 3 nitrogen and oxygen atoms in total. The van der Waals surface area contributed by atoms with E-state index in [-0.39, 0.29) is 6.04 Å². The van der Waals surface area contributed by atoms with E-state index in [4.69, 9.17) is 10.6 Å². The highest BCUT2D eigenvalue weighted by atomic mass is 16.5. The lowest BCUT2D eigenvalue weighted by molar-refractivity contribution is 0.305. The molecule has 1 aromatic carbocycles. The normalized spacial score (nSPS) is 29.9. The van der Waals surface area contributed by atoms with Crippen LogP contribution in [0.15, 0.2) is 24.3 Å². The summed E-state index contributed by atoms with van der Waals surface area (Å²) >= 11 is 0. The van der Waals surface area contributed by atoms with E-state index in [2.05, 4.69) is 30.5 Å². The summed E-state index contributed by atoms with van der Waals surface area (Å²) in [5, 5.41) is 0. The summed E-state index contributed by atoms with van der Waals surface area (Å²) in [4.78, 5) is 0. The summed E-state index contributed by atoms with van der Waals surface area (Å²) in [7, 11) is 0. The minimum absolute atomic E-state index is 0.253. The highest BCUT2D eigenvalue weighted by Crippen LogP contribution is 2.62. The summed E-state index contributed by atoms with van der Waals surface area (Å²) in [5.74, 6) is 9.33. The lowest BCUT2D eigenvalue weighted by Gasteiger charge is -2.21. The quantitative estimate of drug-likeness (QED) is 0.610. The zero-order valence-corrected chi connectivity index (χ0v) is 11.6. The summed E-state index contributed by atoms with van der Waals surface area (Å²) in [6.45, 7) is 2.90. The van der Waals surface area contributed by atoms with Crippen LogP contribution in [0.3, 0.4) is 0 Å². The summed E-state index contributed by atoms with van der Waals surface area (Å²) in [5.41, 5.74) is 4.28. The van der Waals surface area contributed by atoms with E-state index in [1.165, 1.54) is 24.8 Å². The average Bonchev–Trinajstić information content (AvgIpc) is 2.91. The maximum atomic E-state index is 5.87. The molecule has 3 rings (SSSR count). The molecule has 0 heterocycles. The Morgan fingerprint density at radius 1 is 1.32 bits per heavy atom. The van der Waals surface area contributed by atoms with Gasteiger partial charge in [0.1, 0.15) is 5.75 Å². The molecule has 104 valence electrons. The van der Waals surface area contributed by atoms with Crippen molar-refractivity contribution in [3.63, 3.8) is 0 Å². The van der Waals surface area contributed by atoms with Crippen molar-refractivity contribution in [1.29, 1.82) is 0 Å². The molecule has 0 aliphatic heterocycles. The monoisotopic (exact) mass is 260 g/mol. The lowest BCUT2D eigenvalue weighted by atomic mass is 9.96. The molecule has 2 fully saturated rings. The minimum Gasteiger partial charge on any atom is -0.493 e. The Hall–Kier alpha value is -1.06. The van der Waals surface area contributed by atoms with Crippen LogP contribution in [0.1, 0.15) is 44.2 Å². The van der Waals surface area contributed by atoms with E-state index in [1.807, 2.05) is 6.07 Å². The van der Waals surface area contributed by atoms with Crippen LogP contribution in [0.5, 0.6) is 5.75 Å². The Morgan fingerprint density at radius 3 is 2.74 bits per heavy atom. The van der Waals surface area contributed by atoms with Crippen LogP contribution in [0, 0.1) is 17.8 Å². The molecule has 1 aromatic rings. The van der Waals surface area contributed by atoms with Crippen LogP contribution in [0.25, 0.3) is 0 Å². The van der Waals surface area contributed by atoms with Gasteiger partial charge in [-0.3, -0.25) is 11.3 Å². The van der Waals surface area contributed by atoms with Crippen molar-refractivity contribution < 1.29 is 4.74 Å². The summed E-state index contributed by atoms with van der Waals surface area (Å²) < 4.78 is 5.87. The molecule has 19 heavy (non-hydrogen) atoms. The topological polar surface area (TPSA) is 47.3 Å². The second-order valence-corrected chi connectivity index (χ2v) is 5.87. The molecule has 0 spiro atoms. The second-order valence-electron chi connectivity index (χ2n) is 5.87. The third-order valence-electron chi connectivity index (χ3n) is 4.75. The fourth-order valence-electron chi connectivity index (χ4n) is 3.86. The number of rotatable bonds is 6. The lowest BCUT2D eigenvalue weighted by Crippen LogP contribution is -2.31. The van der Waals surface area contributed by atoms with Gasteiger partial charge in [0.15, 0.2) is 0 Å².